The molecule has 0 atom stereocenters. The van der Waals surface area contributed by atoms with Crippen molar-refractivity contribution >= 4 is 5.91 Å². The van der Waals surface area contributed by atoms with Gasteiger partial charge in [-0.05, 0) is 24.7 Å². The van der Waals surface area contributed by atoms with Gasteiger partial charge in [-0.25, -0.2) is 4.98 Å². The molecule has 0 radical (unpaired) electrons. The molecule has 1 aromatic rings. The molecule has 18 heavy (non-hydrogen) atoms. The highest BCUT2D eigenvalue weighted by Gasteiger charge is 2.32. The third kappa shape index (κ3) is 2.71. The number of H-pyrrole nitrogens is 1. The summed E-state index contributed by atoms with van der Waals surface area (Å²) in [6.07, 6.45) is 6.89. The number of nitrogens with zero attached hydrogens (tertiary/aromatic N) is 2. The van der Waals surface area contributed by atoms with Crippen molar-refractivity contribution < 1.29 is 4.79 Å². The van der Waals surface area contributed by atoms with Gasteiger partial charge in [-0.3, -0.25) is 9.89 Å². The fourth-order valence-electron chi connectivity index (χ4n) is 2.68. The Hall–Kier alpha value is -1.39. The van der Waals surface area contributed by atoms with Gasteiger partial charge >= 0.3 is 0 Å². The summed E-state index contributed by atoms with van der Waals surface area (Å²) in [5.41, 5.74) is 0.305. The number of hydrogen-bond acceptors (Lipinski definition) is 3. The second-order valence-electron chi connectivity index (χ2n) is 5.20. The SMILES string of the molecule is CCc1nc(C(=O)NCC2(CC)CCCC2)n[nH]1. The predicted molar refractivity (Wildman–Crippen MR) is 69.3 cm³/mol. The molecular formula is C13H22N4O. The summed E-state index contributed by atoms with van der Waals surface area (Å²) in [7, 11) is 0. The lowest BCUT2D eigenvalue weighted by molar-refractivity contribution is 0.0918. The Labute approximate surface area is 108 Å². The standard InChI is InChI=1S/C13H22N4O/c1-3-10-15-11(17-16-10)12(18)14-9-13(4-2)7-5-6-8-13/h3-9H2,1-2H3,(H,14,18)(H,15,16,17). The van der Waals surface area contributed by atoms with E-state index in [4.69, 9.17) is 0 Å². The minimum absolute atomic E-state index is 0.161. The number of aryl methyl sites for hydroxylation is 1. The summed E-state index contributed by atoms with van der Waals surface area (Å²) in [5.74, 6) is 0.855. The lowest BCUT2D eigenvalue weighted by atomic mass is 9.83. The summed E-state index contributed by atoms with van der Waals surface area (Å²) in [4.78, 5) is 16.1. The van der Waals surface area contributed by atoms with Crippen molar-refractivity contribution in [2.24, 2.45) is 5.41 Å². The molecule has 2 N–H and O–H groups in total. The van der Waals surface area contributed by atoms with Crippen molar-refractivity contribution in [2.45, 2.75) is 52.4 Å². The molecule has 0 aliphatic heterocycles. The normalized spacial score (nSPS) is 17.9. The Kier molecular flexibility index (Phi) is 3.99. The van der Waals surface area contributed by atoms with Crippen molar-refractivity contribution in [3.8, 4) is 0 Å². The summed E-state index contributed by atoms with van der Waals surface area (Å²) in [6.45, 7) is 4.94. The molecule has 5 nitrogen and oxygen atoms in total. The summed E-state index contributed by atoms with van der Waals surface area (Å²) in [6, 6.07) is 0. The molecule has 100 valence electrons. The van der Waals surface area contributed by atoms with E-state index in [0.29, 0.717) is 5.41 Å². The topological polar surface area (TPSA) is 70.7 Å². The molecule has 0 saturated heterocycles. The van der Waals surface area contributed by atoms with Gasteiger partial charge in [-0.2, -0.15) is 0 Å². The van der Waals surface area contributed by atoms with E-state index in [9.17, 15) is 4.79 Å². The number of aromatic nitrogens is 3. The van der Waals surface area contributed by atoms with E-state index >= 15 is 0 Å². The van der Waals surface area contributed by atoms with Crippen LogP contribution in [0, 0.1) is 5.41 Å². The lowest BCUT2D eigenvalue weighted by Gasteiger charge is -2.27. The van der Waals surface area contributed by atoms with Crippen LogP contribution in [0.5, 0.6) is 0 Å². The quantitative estimate of drug-likeness (QED) is 0.840. The second kappa shape index (κ2) is 5.50. The van der Waals surface area contributed by atoms with Crippen molar-refractivity contribution in [3.05, 3.63) is 11.6 Å². The third-order valence-corrected chi connectivity index (χ3v) is 4.11. The first-order valence-electron chi connectivity index (χ1n) is 6.88. The summed E-state index contributed by atoms with van der Waals surface area (Å²) >= 11 is 0. The van der Waals surface area contributed by atoms with Gasteiger partial charge in [0.25, 0.3) is 5.91 Å². The number of rotatable bonds is 5. The minimum Gasteiger partial charge on any atom is -0.349 e. The average Bonchev–Trinajstić information content (AvgIpc) is 3.05. The molecule has 1 aliphatic carbocycles. The van der Waals surface area contributed by atoms with E-state index in [0.717, 1.165) is 25.2 Å². The Balaban J connectivity index is 1.91. The van der Waals surface area contributed by atoms with Crippen LogP contribution in [0.1, 0.15) is 62.4 Å². The molecule has 0 unspecified atom stereocenters. The number of nitrogens with one attached hydrogen (secondary N) is 2. The Morgan fingerprint density at radius 2 is 2.11 bits per heavy atom. The van der Waals surface area contributed by atoms with E-state index in [-0.39, 0.29) is 11.7 Å². The molecule has 0 spiro atoms. The number of carbonyl (C=O) groups is 1. The van der Waals surface area contributed by atoms with Gasteiger partial charge in [0.2, 0.25) is 5.82 Å². The first kappa shape index (κ1) is 13.1. The molecular weight excluding hydrogens is 228 g/mol. The lowest BCUT2D eigenvalue weighted by Crippen LogP contribution is -2.36. The molecule has 2 rings (SSSR count). The van der Waals surface area contributed by atoms with Gasteiger partial charge in [-0.1, -0.05) is 26.7 Å². The van der Waals surface area contributed by atoms with E-state index in [1.165, 1.54) is 25.7 Å². The van der Waals surface area contributed by atoms with Crippen LogP contribution in [0.15, 0.2) is 0 Å². The van der Waals surface area contributed by atoms with Gasteiger partial charge < -0.3 is 5.32 Å². The van der Waals surface area contributed by atoms with Gasteiger partial charge in [0.05, 0.1) is 0 Å². The maximum Gasteiger partial charge on any atom is 0.290 e. The molecule has 1 aliphatic rings. The predicted octanol–water partition coefficient (Wildman–Crippen LogP) is 2.07. The number of aromatic amines is 1. The Morgan fingerprint density at radius 3 is 2.67 bits per heavy atom. The van der Waals surface area contributed by atoms with Crippen LogP contribution in [0.25, 0.3) is 0 Å². The van der Waals surface area contributed by atoms with Crippen LogP contribution in [0.4, 0.5) is 0 Å². The van der Waals surface area contributed by atoms with Crippen LogP contribution in [0.2, 0.25) is 0 Å². The van der Waals surface area contributed by atoms with Crippen molar-refractivity contribution in [1.82, 2.24) is 20.5 Å². The maximum atomic E-state index is 11.9. The Morgan fingerprint density at radius 1 is 1.39 bits per heavy atom. The minimum atomic E-state index is -0.161. The fourth-order valence-corrected chi connectivity index (χ4v) is 2.68. The van der Waals surface area contributed by atoms with Gasteiger partial charge in [0, 0.05) is 13.0 Å². The van der Waals surface area contributed by atoms with Crippen LogP contribution >= 0.6 is 0 Å². The number of carbonyl (C=O) groups excluding carboxylic acids is 1. The van der Waals surface area contributed by atoms with Crippen LogP contribution in [-0.2, 0) is 6.42 Å². The molecule has 1 aromatic heterocycles. The first-order chi connectivity index (χ1) is 8.69. The maximum absolute atomic E-state index is 11.9. The fraction of sp³-hybridized carbons (Fsp3) is 0.769. The van der Waals surface area contributed by atoms with Crippen molar-refractivity contribution in [2.75, 3.05) is 6.54 Å². The van der Waals surface area contributed by atoms with E-state index in [1.807, 2.05) is 6.92 Å². The largest absolute Gasteiger partial charge is 0.349 e. The van der Waals surface area contributed by atoms with Crippen LogP contribution < -0.4 is 5.32 Å². The molecule has 0 bridgehead atoms. The van der Waals surface area contributed by atoms with Gasteiger partial charge in [0.15, 0.2) is 0 Å². The number of amides is 1. The highest BCUT2D eigenvalue weighted by atomic mass is 16.2. The molecule has 1 saturated carbocycles. The summed E-state index contributed by atoms with van der Waals surface area (Å²) < 4.78 is 0. The van der Waals surface area contributed by atoms with Crippen molar-refractivity contribution in [1.29, 1.82) is 0 Å². The van der Waals surface area contributed by atoms with E-state index in [2.05, 4.69) is 27.4 Å². The molecule has 1 amide bonds. The summed E-state index contributed by atoms with van der Waals surface area (Å²) in [5, 5.41) is 9.68. The zero-order valence-corrected chi connectivity index (χ0v) is 11.3. The Bertz CT molecular complexity index is 407. The van der Waals surface area contributed by atoms with Crippen LogP contribution in [0.3, 0.4) is 0 Å². The smallest absolute Gasteiger partial charge is 0.290 e. The van der Waals surface area contributed by atoms with Gasteiger partial charge in [-0.15, -0.1) is 5.10 Å². The number of hydrogen-bond donors (Lipinski definition) is 2. The highest BCUT2D eigenvalue weighted by Crippen LogP contribution is 2.40. The second-order valence-corrected chi connectivity index (χ2v) is 5.20. The van der Waals surface area contributed by atoms with E-state index < -0.39 is 0 Å². The van der Waals surface area contributed by atoms with E-state index in [1.54, 1.807) is 0 Å². The van der Waals surface area contributed by atoms with Crippen LogP contribution in [-0.4, -0.2) is 27.6 Å². The zero-order valence-electron chi connectivity index (χ0n) is 11.3. The monoisotopic (exact) mass is 250 g/mol. The molecule has 1 heterocycles. The van der Waals surface area contributed by atoms with Gasteiger partial charge in [0.1, 0.15) is 5.82 Å². The highest BCUT2D eigenvalue weighted by molar-refractivity contribution is 5.90. The third-order valence-electron chi connectivity index (χ3n) is 4.11. The molecule has 1 fully saturated rings. The molecule has 0 aromatic carbocycles. The molecule has 5 heteroatoms. The zero-order chi connectivity index (χ0) is 13.0. The van der Waals surface area contributed by atoms with Crippen molar-refractivity contribution in [3.63, 3.8) is 0 Å². The average molecular weight is 250 g/mol. The first-order valence-corrected chi connectivity index (χ1v) is 6.88.